The highest BCUT2D eigenvalue weighted by atomic mass is 16.1. The number of carbonyl (C=O) groups excluding carboxylic acids is 1. The molecule has 0 N–H and O–H groups in total. The van der Waals surface area contributed by atoms with Crippen molar-refractivity contribution in [3.63, 3.8) is 0 Å². The minimum Gasteiger partial charge on any atom is -0.295 e. The first-order valence-corrected chi connectivity index (χ1v) is 6.65. The molecule has 0 aromatic heterocycles. The summed E-state index contributed by atoms with van der Waals surface area (Å²) in [5.41, 5.74) is 1.16. The van der Waals surface area contributed by atoms with Gasteiger partial charge >= 0.3 is 0 Å². The number of nitrogens with zero attached hydrogens (tertiary/aromatic N) is 1. The van der Waals surface area contributed by atoms with Crippen molar-refractivity contribution < 1.29 is 4.79 Å². The molecule has 0 amide bonds. The topological polar surface area (TPSA) is 29.4 Å². The minimum atomic E-state index is 0.0600. The lowest BCUT2D eigenvalue weighted by Crippen LogP contribution is -2.19. The fourth-order valence-electron chi connectivity index (χ4n) is 2.67. The number of aliphatic imine (C=N–C) groups is 1. The van der Waals surface area contributed by atoms with Gasteiger partial charge in [0.2, 0.25) is 0 Å². The van der Waals surface area contributed by atoms with Crippen LogP contribution < -0.4 is 0 Å². The van der Waals surface area contributed by atoms with Crippen molar-refractivity contribution in [1.29, 1.82) is 0 Å². The van der Waals surface area contributed by atoms with Gasteiger partial charge in [-0.15, -0.1) is 0 Å². The normalized spacial score (nSPS) is 36.1. The highest BCUT2D eigenvalue weighted by molar-refractivity contribution is 5.90. The van der Waals surface area contributed by atoms with E-state index in [-0.39, 0.29) is 11.8 Å². The molecule has 0 radical (unpaired) electrons. The summed E-state index contributed by atoms with van der Waals surface area (Å²) in [4.78, 5) is 16.0. The smallest absolute Gasteiger partial charge is 0.155 e. The van der Waals surface area contributed by atoms with Gasteiger partial charge in [0.1, 0.15) is 0 Å². The maximum absolute atomic E-state index is 11.9. The monoisotopic (exact) mass is 235 g/mol. The molecule has 0 bridgehead atoms. The molecule has 0 aromatic carbocycles. The van der Waals surface area contributed by atoms with E-state index in [0.717, 1.165) is 12.0 Å². The van der Waals surface area contributed by atoms with Crippen molar-refractivity contribution in [1.82, 2.24) is 0 Å². The largest absolute Gasteiger partial charge is 0.295 e. The van der Waals surface area contributed by atoms with Crippen LogP contribution in [0, 0.1) is 17.8 Å². The quantitative estimate of drug-likeness (QED) is 0.672. The molecule has 17 heavy (non-hydrogen) atoms. The second-order valence-electron chi connectivity index (χ2n) is 5.61. The Bertz CT molecular complexity index is 319. The Hall–Kier alpha value is -0.920. The number of allylic oxidation sites excluding steroid dienone is 1. The molecule has 96 valence electrons. The van der Waals surface area contributed by atoms with E-state index in [1.807, 2.05) is 13.0 Å². The lowest BCUT2D eigenvalue weighted by molar-refractivity contribution is -0.114. The van der Waals surface area contributed by atoms with Gasteiger partial charge in [0.15, 0.2) is 5.78 Å². The first kappa shape index (κ1) is 14.1. The zero-order valence-corrected chi connectivity index (χ0v) is 11.6. The molecular weight excluding hydrogens is 210 g/mol. The standard InChI is InChI=1S/C15H25NO/c1-10-6-7-14(17)9-15(13(4)16-5)12(3)11(2)8-10/h9-13H,5-8H2,1-4H3/b15-9+/t10?,11-,12?,13+/m1/s1. The molecule has 0 fully saturated rings. The molecule has 1 rings (SSSR count). The molecule has 4 atom stereocenters. The summed E-state index contributed by atoms with van der Waals surface area (Å²) in [7, 11) is 0. The highest BCUT2D eigenvalue weighted by Crippen LogP contribution is 2.31. The Morgan fingerprint density at radius 2 is 2.06 bits per heavy atom. The first-order valence-electron chi connectivity index (χ1n) is 6.65. The van der Waals surface area contributed by atoms with Gasteiger partial charge in [0.25, 0.3) is 0 Å². The van der Waals surface area contributed by atoms with Crippen molar-refractivity contribution in [2.75, 3.05) is 0 Å². The van der Waals surface area contributed by atoms with Crippen molar-refractivity contribution in [3.05, 3.63) is 11.6 Å². The average molecular weight is 235 g/mol. The number of ketones is 1. The van der Waals surface area contributed by atoms with Gasteiger partial charge in [-0.25, -0.2) is 0 Å². The molecule has 0 spiro atoms. The summed E-state index contributed by atoms with van der Waals surface area (Å²) in [5, 5.41) is 0. The van der Waals surface area contributed by atoms with Gasteiger partial charge < -0.3 is 0 Å². The SMILES string of the molecule is C=N[C@@H](C)/C1=C/C(=O)CCC(C)C[C@@H](C)C1C. The summed E-state index contributed by atoms with van der Waals surface area (Å²) >= 11 is 0. The van der Waals surface area contributed by atoms with Crippen LogP contribution in [0.5, 0.6) is 0 Å². The van der Waals surface area contributed by atoms with Gasteiger partial charge in [-0.2, -0.15) is 0 Å². The zero-order chi connectivity index (χ0) is 13.0. The van der Waals surface area contributed by atoms with E-state index in [1.54, 1.807) is 0 Å². The molecule has 1 aliphatic carbocycles. The van der Waals surface area contributed by atoms with E-state index in [0.29, 0.717) is 24.2 Å². The summed E-state index contributed by atoms with van der Waals surface area (Å²) in [6.07, 6.45) is 4.71. The van der Waals surface area contributed by atoms with E-state index in [2.05, 4.69) is 32.5 Å². The third-order valence-electron chi connectivity index (χ3n) is 4.12. The second-order valence-corrected chi connectivity index (χ2v) is 5.61. The Morgan fingerprint density at radius 1 is 1.41 bits per heavy atom. The van der Waals surface area contributed by atoms with E-state index >= 15 is 0 Å². The summed E-state index contributed by atoms with van der Waals surface area (Å²) in [6, 6.07) is 0.0600. The minimum absolute atomic E-state index is 0.0600. The van der Waals surface area contributed by atoms with E-state index in [1.165, 1.54) is 6.42 Å². The van der Waals surface area contributed by atoms with Crippen molar-refractivity contribution in [2.24, 2.45) is 22.7 Å². The summed E-state index contributed by atoms with van der Waals surface area (Å²) < 4.78 is 0. The molecule has 2 unspecified atom stereocenters. The molecule has 2 nitrogen and oxygen atoms in total. The lowest BCUT2D eigenvalue weighted by atomic mass is 9.81. The Kier molecular flexibility index (Phi) is 5.10. The molecule has 1 aliphatic rings. The molecule has 0 saturated heterocycles. The molecule has 2 heteroatoms. The Labute approximate surface area is 105 Å². The third-order valence-corrected chi connectivity index (χ3v) is 4.12. The van der Waals surface area contributed by atoms with Gasteiger partial charge in [0, 0.05) is 6.42 Å². The van der Waals surface area contributed by atoms with Crippen LogP contribution in [0.3, 0.4) is 0 Å². The number of hydrogen-bond acceptors (Lipinski definition) is 2. The Balaban J connectivity index is 3.00. The van der Waals surface area contributed by atoms with Crippen LogP contribution in [-0.2, 0) is 4.79 Å². The van der Waals surface area contributed by atoms with Gasteiger partial charge in [-0.1, -0.05) is 20.8 Å². The molecular formula is C15H25NO. The van der Waals surface area contributed by atoms with Gasteiger partial charge in [-0.05, 0) is 55.9 Å². The zero-order valence-electron chi connectivity index (χ0n) is 11.6. The maximum Gasteiger partial charge on any atom is 0.155 e. The predicted octanol–water partition coefficient (Wildman–Crippen LogP) is 3.66. The highest BCUT2D eigenvalue weighted by Gasteiger charge is 2.24. The summed E-state index contributed by atoms with van der Waals surface area (Å²) in [6.45, 7) is 12.4. The summed E-state index contributed by atoms with van der Waals surface area (Å²) in [5.74, 6) is 1.91. The van der Waals surface area contributed by atoms with Crippen LogP contribution in [0.15, 0.2) is 16.6 Å². The number of rotatable bonds is 2. The molecule has 0 aliphatic heterocycles. The number of carbonyl (C=O) groups is 1. The number of hydrogen-bond donors (Lipinski definition) is 0. The van der Waals surface area contributed by atoms with Crippen LogP contribution in [0.2, 0.25) is 0 Å². The van der Waals surface area contributed by atoms with Crippen LogP contribution in [-0.4, -0.2) is 18.5 Å². The third kappa shape index (κ3) is 3.79. The lowest BCUT2D eigenvalue weighted by Gasteiger charge is -2.26. The predicted molar refractivity (Wildman–Crippen MR) is 73.4 cm³/mol. The molecule has 0 heterocycles. The van der Waals surface area contributed by atoms with Crippen LogP contribution in [0.4, 0.5) is 0 Å². The van der Waals surface area contributed by atoms with Gasteiger partial charge in [-0.3, -0.25) is 9.79 Å². The van der Waals surface area contributed by atoms with Crippen LogP contribution in [0.1, 0.15) is 47.0 Å². The fraction of sp³-hybridized carbons (Fsp3) is 0.733. The van der Waals surface area contributed by atoms with Crippen LogP contribution in [0.25, 0.3) is 0 Å². The van der Waals surface area contributed by atoms with E-state index in [9.17, 15) is 4.79 Å². The van der Waals surface area contributed by atoms with E-state index in [4.69, 9.17) is 0 Å². The van der Waals surface area contributed by atoms with Crippen LogP contribution >= 0.6 is 0 Å². The van der Waals surface area contributed by atoms with Crippen molar-refractivity contribution in [2.45, 2.75) is 53.0 Å². The average Bonchev–Trinajstić information content (AvgIpc) is 2.34. The molecule has 0 saturated carbocycles. The maximum atomic E-state index is 11.9. The van der Waals surface area contributed by atoms with Gasteiger partial charge in [0.05, 0.1) is 6.04 Å². The van der Waals surface area contributed by atoms with E-state index < -0.39 is 0 Å². The fourth-order valence-corrected chi connectivity index (χ4v) is 2.67. The first-order chi connectivity index (χ1) is 7.95. The Morgan fingerprint density at radius 3 is 2.65 bits per heavy atom. The second kappa shape index (κ2) is 6.13. The van der Waals surface area contributed by atoms with Crippen molar-refractivity contribution in [3.8, 4) is 0 Å². The van der Waals surface area contributed by atoms with Crippen molar-refractivity contribution >= 4 is 12.5 Å². The molecule has 0 aromatic rings.